The number of phenols is 1. The van der Waals surface area contributed by atoms with E-state index in [4.69, 9.17) is 14.2 Å². The molecule has 2 aliphatic rings. The summed E-state index contributed by atoms with van der Waals surface area (Å²) in [4.78, 5) is 3.39. The van der Waals surface area contributed by atoms with Crippen molar-refractivity contribution < 1.29 is 24.4 Å². The lowest BCUT2D eigenvalue weighted by molar-refractivity contribution is -0.0454. The van der Waals surface area contributed by atoms with Crippen LogP contribution >= 0.6 is 11.3 Å². The second-order valence-corrected chi connectivity index (χ2v) is 10.6. The van der Waals surface area contributed by atoms with Gasteiger partial charge in [0.15, 0.2) is 6.29 Å². The molecule has 0 aliphatic carbocycles. The van der Waals surface area contributed by atoms with Crippen LogP contribution in [0.25, 0.3) is 20.5 Å². The van der Waals surface area contributed by atoms with Crippen LogP contribution in [0.4, 0.5) is 0 Å². The fraction of sp³-hybridized carbons (Fsp3) is 0.333. The molecule has 0 radical (unpaired) electrons. The number of hydrogen-bond donors (Lipinski definition) is 2. The number of likely N-dealkylation sites (tertiary alicyclic amines) is 1. The number of nitrogens with zero attached hydrogens (tertiary/aromatic N) is 1. The highest BCUT2D eigenvalue weighted by Gasteiger charge is 2.25. The molecule has 0 amide bonds. The van der Waals surface area contributed by atoms with Gasteiger partial charge < -0.3 is 24.4 Å². The highest BCUT2D eigenvalue weighted by atomic mass is 32.1. The van der Waals surface area contributed by atoms with E-state index >= 15 is 0 Å². The molecule has 1 unspecified atom stereocenters. The van der Waals surface area contributed by atoms with Crippen molar-refractivity contribution in [3.05, 3.63) is 83.4 Å². The zero-order valence-corrected chi connectivity index (χ0v) is 21.5. The van der Waals surface area contributed by atoms with Gasteiger partial charge in [0, 0.05) is 21.7 Å². The predicted octanol–water partition coefficient (Wildman–Crippen LogP) is 5.88. The number of aromatic hydroxyl groups is 1. The van der Waals surface area contributed by atoms with Crippen LogP contribution in [0.1, 0.15) is 41.9 Å². The summed E-state index contributed by atoms with van der Waals surface area (Å²) in [6, 6.07) is 21.3. The zero-order chi connectivity index (χ0) is 25.2. The molecule has 6 nitrogen and oxygen atoms in total. The fourth-order valence-electron chi connectivity index (χ4n) is 5.19. The average molecular weight is 518 g/mol. The Bertz CT molecular complexity index is 1360. The van der Waals surface area contributed by atoms with E-state index in [1.54, 1.807) is 17.4 Å². The molecule has 0 bridgehead atoms. The Morgan fingerprint density at radius 2 is 1.73 bits per heavy atom. The van der Waals surface area contributed by atoms with Gasteiger partial charge in [0.1, 0.15) is 24.2 Å². The molecule has 0 saturated carbocycles. The standard InChI is InChI=1S/C30H31NO5S/c32-25-12-9-21(19-24(25)30-35-17-18-36-30)29-27(23-5-1-2-6-26(23)37-29)28(33)20-7-10-22(11-8-20)34-16-15-31-13-3-4-14-31/h1-2,5-12,19,28,30,32-33H,3-4,13-18H2. The molecule has 1 aromatic heterocycles. The Morgan fingerprint density at radius 1 is 0.973 bits per heavy atom. The van der Waals surface area contributed by atoms with Crippen LogP contribution in [0.2, 0.25) is 0 Å². The Morgan fingerprint density at radius 3 is 2.51 bits per heavy atom. The van der Waals surface area contributed by atoms with E-state index in [0.29, 0.717) is 25.4 Å². The van der Waals surface area contributed by atoms with Crippen molar-refractivity contribution in [2.75, 3.05) is 39.5 Å². The van der Waals surface area contributed by atoms with E-state index in [2.05, 4.69) is 11.0 Å². The topological polar surface area (TPSA) is 71.4 Å². The Labute approximate surface area is 220 Å². The number of thiophene rings is 1. The number of aliphatic hydroxyl groups is 1. The van der Waals surface area contributed by atoms with Crippen molar-refractivity contribution in [2.45, 2.75) is 25.2 Å². The fourth-order valence-corrected chi connectivity index (χ4v) is 6.42. The third-order valence-electron chi connectivity index (χ3n) is 7.14. The van der Waals surface area contributed by atoms with Gasteiger partial charge in [-0.05, 0) is 78.8 Å². The van der Waals surface area contributed by atoms with Crippen LogP contribution in [-0.4, -0.2) is 54.6 Å². The van der Waals surface area contributed by atoms with E-state index in [-0.39, 0.29) is 5.75 Å². The highest BCUT2D eigenvalue weighted by Crippen LogP contribution is 2.45. The van der Waals surface area contributed by atoms with E-state index in [1.165, 1.54) is 12.8 Å². The summed E-state index contributed by atoms with van der Waals surface area (Å²) in [7, 11) is 0. The molecule has 2 N–H and O–H groups in total. The van der Waals surface area contributed by atoms with Gasteiger partial charge in [-0.15, -0.1) is 11.3 Å². The lowest BCUT2D eigenvalue weighted by Gasteiger charge is -2.17. The minimum atomic E-state index is -0.818. The smallest absolute Gasteiger partial charge is 0.187 e. The van der Waals surface area contributed by atoms with Gasteiger partial charge in [-0.3, -0.25) is 4.90 Å². The lowest BCUT2D eigenvalue weighted by atomic mass is 9.95. The van der Waals surface area contributed by atoms with Crippen LogP contribution in [0.15, 0.2) is 66.7 Å². The van der Waals surface area contributed by atoms with Gasteiger partial charge in [0.2, 0.25) is 0 Å². The van der Waals surface area contributed by atoms with Gasteiger partial charge >= 0.3 is 0 Å². The molecule has 2 fully saturated rings. The molecule has 0 spiro atoms. The number of fused-ring (bicyclic) bond motifs is 1. The minimum Gasteiger partial charge on any atom is -0.507 e. The minimum absolute atomic E-state index is 0.138. The van der Waals surface area contributed by atoms with Gasteiger partial charge in [-0.25, -0.2) is 0 Å². The van der Waals surface area contributed by atoms with Crippen LogP contribution in [0.3, 0.4) is 0 Å². The Kier molecular flexibility index (Phi) is 7.13. The SMILES string of the molecule is Oc1ccc(-c2sc3ccccc3c2C(O)c2ccc(OCCN3CCCC3)cc2)cc1C1OCCO1. The van der Waals surface area contributed by atoms with E-state index < -0.39 is 12.4 Å². The predicted molar refractivity (Wildman–Crippen MR) is 145 cm³/mol. The Hall–Kier alpha value is -2.94. The van der Waals surface area contributed by atoms with Gasteiger partial charge in [-0.1, -0.05) is 30.3 Å². The van der Waals surface area contributed by atoms with Crippen molar-refractivity contribution in [1.29, 1.82) is 0 Å². The molecule has 6 rings (SSSR count). The molecule has 3 heterocycles. The molecule has 2 saturated heterocycles. The van der Waals surface area contributed by atoms with Crippen molar-refractivity contribution in [3.8, 4) is 21.9 Å². The third-order valence-corrected chi connectivity index (χ3v) is 8.38. The first kappa shape index (κ1) is 24.4. The maximum Gasteiger partial charge on any atom is 0.187 e. The maximum atomic E-state index is 11.6. The first-order valence-electron chi connectivity index (χ1n) is 12.9. The summed E-state index contributed by atoms with van der Waals surface area (Å²) in [5.41, 5.74) is 3.17. The summed E-state index contributed by atoms with van der Waals surface area (Å²) in [6.45, 7) is 4.93. The van der Waals surface area contributed by atoms with Crippen molar-refractivity contribution in [1.82, 2.24) is 4.90 Å². The highest BCUT2D eigenvalue weighted by molar-refractivity contribution is 7.22. The van der Waals surface area contributed by atoms with Crippen LogP contribution in [0.5, 0.6) is 11.5 Å². The van der Waals surface area contributed by atoms with E-state index in [1.807, 2.05) is 54.6 Å². The number of phenolic OH excluding ortho intramolecular Hbond substituents is 1. The molecule has 1 atom stereocenters. The second kappa shape index (κ2) is 10.8. The number of ether oxygens (including phenoxy) is 3. The lowest BCUT2D eigenvalue weighted by Crippen LogP contribution is -2.25. The van der Waals surface area contributed by atoms with E-state index in [9.17, 15) is 10.2 Å². The maximum absolute atomic E-state index is 11.6. The van der Waals surface area contributed by atoms with Crippen LogP contribution in [-0.2, 0) is 9.47 Å². The molecule has 2 aliphatic heterocycles. The van der Waals surface area contributed by atoms with Gasteiger partial charge in [-0.2, -0.15) is 0 Å². The molecule has 4 aromatic rings. The number of rotatable bonds is 8. The largest absolute Gasteiger partial charge is 0.507 e. The van der Waals surface area contributed by atoms with Crippen LogP contribution < -0.4 is 4.74 Å². The van der Waals surface area contributed by atoms with Gasteiger partial charge in [0.25, 0.3) is 0 Å². The average Bonchev–Trinajstić information content (AvgIpc) is 3.70. The Balaban J connectivity index is 1.29. The summed E-state index contributed by atoms with van der Waals surface area (Å²) in [5.74, 6) is 0.949. The molecule has 37 heavy (non-hydrogen) atoms. The first-order chi connectivity index (χ1) is 18.2. The number of hydrogen-bond acceptors (Lipinski definition) is 7. The van der Waals surface area contributed by atoms with Crippen molar-refractivity contribution >= 4 is 21.4 Å². The third kappa shape index (κ3) is 5.10. The van der Waals surface area contributed by atoms with Crippen molar-refractivity contribution in [2.24, 2.45) is 0 Å². The summed E-state index contributed by atoms with van der Waals surface area (Å²) < 4.78 is 18.3. The monoisotopic (exact) mass is 517 g/mol. The molecule has 192 valence electrons. The quantitative estimate of drug-likeness (QED) is 0.304. The number of benzene rings is 3. The summed E-state index contributed by atoms with van der Waals surface area (Å²) in [5, 5.41) is 23.1. The van der Waals surface area contributed by atoms with Crippen molar-refractivity contribution in [3.63, 3.8) is 0 Å². The summed E-state index contributed by atoms with van der Waals surface area (Å²) >= 11 is 1.63. The molecule has 7 heteroatoms. The zero-order valence-electron chi connectivity index (χ0n) is 20.6. The molecule has 3 aromatic carbocycles. The molecular weight excluding hydrogens is 486 g/mol. The molecular formula is C30H31NO5S. The number of aliphatic hydroxyl groups excluding tert-OH is 1. The van der Waals surface area contributed by atoms with Gasteiger partial charge in [0.05, 0.1) is 18.8 Å². The first-order valence-corrected chi connectivity index (χ1v) is 13.7. The van der Waals surface area contributed by atoms with E-state index in [0.717, 1.165) is 57.0 Å². The summed E-state index contributed by atoms with van der Waals surface area (Å²) in [6.07, 6.45) is 1.15. The second-order valence-electron chi connectivity index (χ2n) is 9.56. The van der Waals surface area contributed by atoms with Crippen LogP contribution in [0, 0.1) is 0 Å². The normalized spacial score (nSPS) is 17.5.